The van der Waals surface area contributed by atoms with Crippen LogP contribution in [-0.4, -0.2) is 0 Å². The maximum absolute atomic E-state index is 11.1. The van der Waals surface area contributed by atoms with Gasteiger partial charge in [-0.15, -0.1) is 0 Å². The number of hydrogen-bond donors (Lipinski definition) is 0. The van der Waals surface area contributed by atoms with Gasteiger partial charge in [0, 0.05) is 6.07 Å². The average Bonchev–Trinajstić information content (AvgIpc) is 2.47. The highest BCUT2D eigenvalue weighted by molar-refractivity contribution is 5.12. The summed E-state index contributed by atoms with van der Waals surface area (Å²) in [7, 11) is 0. The van der Waals surface area contributed by atoms with Crippen molar-refractivity contribution in [3.05, 3.63) is 34.4 Å². The Morgan fingerprint density at radius 3 is 1.95 bits per heavy atom. The molecule has 0 amide bonds. The molecule has 0 bridgehead atoms. The molecule has 20 heavy (non-hydrogen) atoms. The first-order chi connectivity index (χ1) is 9.77. The molecule has 0 saturated heterocycles. The second-order valence-corrected chi connectivity index (χ2v) is 5.78. The van der Waals surface area contributed by atoms with Crippen LogP contribution in [0.3, 0.4) is 0 Å². The molecule has 1 aromatic heterocycles. The van der Waals surface area contributed by atoms with Crippen molar-refractivity contribution in [1.82, 2.24) is 0 Å². The third kappa shape index (κ3) is 6.93. The molecule has 0 saturated carbocycles. The van der Waals surface area contributed by atoms with Crippen molar-refractivity contribution in [2.24, 2.45) is 0 Å². The molecule has 2 nitrogen and oxygen atoms in total. The summed E-state index contributed by atoms with van der Waals surface area (Å²) in [6, 6.07) is 3.51. The van der Waals surface area contributed by atoms with E-state index < -0.39 is 0 Å². The normalized spacial score (nSPS) is 11.2. The molecule has 114 valence electrons. The predicted octanol–water partition coefficient (Wildman–Crippen LogP) is 5.66. The van der Waals surface area contributed by atoms with E-state index in [0.29, 0.717) is 5.92 Å². The Morgan fingerprint density at radius 2 is 1.50 bits per heavy atom. The van der Waals surface area contributed by atoms with Crippen LogP contribution in [0.1, 0.15) is 89.5 Å². The highest BCUT2D eigenvalue weighted by Crippen LogP contribution is 2.27. The van der Waals surface area contributed by atoms with Crippen LogP contribution in [0.5, 0.6) is 0 Å². The molecule has 0 aliphatic rings. The zero-order valence-electron chi connectivity index (χ0n) is 13.2. The molecule has 0 spiro atoms. The lowest BCUT2D eigenvalue weighted by Gasteiger charge is -2.16. The van der Waals surface area contributed by atoms with Crippen LogP contribution in [0.25, 0.3) is 0 Å². The topological polar surface area (TPSA) is 30.2 Å². The van der Waals surface area contributed by atoms with E-state index in [1.165, 1.54) is 69.8 Å². The van der Waals surface area contributed by atoms with Crippen LogP contribution in [0, 0.1) is 0 Å². The molecule has 1 rings (SSSR count). The Hall–Kier alpha value is -1.05. The fraction of sp³-hybridized carbons (Fsp3) is 0.722. The van der Waals surface area contributed by atoms with Gasteiger partial charge in [0.15, 0.2) is 0 Å². The maximum atomic E-state index is 11.1. The van der Waals surface area contributed by atoms with Crippen LogP contribution in [0.4, 0.5) is 0 Å². The van der Waals surface area contributed by atoms with Crippen LogP contribution >= 0.6 is 0 Å². The standard InChI is InChI=1S/C18H30O2/c1-3-5-7-9-11-16(12-10-8-6-4-2)17-13-14-18(19)20-15-17/h13-16H,3-12H2,1-2H3. The SMILES string of the molecule is CCCCCCC(CCCCCC)c1ccc(=O)oc1. The Morgan fingerprint density at radius 1 is 0.900 bits per heavy atom. The molecule has 0 aliphatic carbocycles. The average molecular weight is 278 g/mol. The molecule has 2 heteroatoms. The zero-order valence-corrected chi connectivity index (χ0v) is 13.2. The molecule has 1 aromatic rings. The number of hydrogen-bond acceptors (Lipinski definition) is 2. The maximum Gasteiger partial charge on any atom is 0.335 e. The van der Waals surface area contributed by atoms with E-state index in [1.54, 1.807) is 12.3 Å². The third-order valence-electron chi connectivity index (χ3n) is 4.01. The van der Waals surface area contributed by atoms with E-state index in [4.69, 9.17) is 4.42 Å². The van der Waals surface area contributed by atoms with Crippen LogP contribution in [-0.2, 0) is 0 Å². The Bertz CT molecular complexity index is 362. The summed E-state index contributed by atoms with van der Waals surface area (Å²) in [5.74, 6) is 0.563. The minimum absolute atomic E-state index is 0.246. The molecular formula is C18H30O2. The van der Waals surface area contributed by atoms with Crippen molar-refractivity contribution in [1.29, 1.82) is 0 Å². The smallest absolute Gasteiger partial charge is 0.335 e. The summed E-state index contributed by atoms with van der Waals surface area (Å²) in [6.45, 7) is 4.49. The number of unbranched alkanes of at least 4 members (excludes halogenated alkanes) is 6. The Kier molecular flexibility index (Phi) is 9.10. The lowest BCUT2D eigenvalue weighted by atomic mass is 9.89. The van der Waals surface area contributed by atoms with E-state index >= 15 is 0 Å². The summed E-state index contributed by atoms with van der Waals surface area (Å²) in [5.41, 5.74) is 0.960. The van der Waals surface area contributed by atoms with Crippen LogP contribution in [0.15, 0.2) is 27.6 Å². The van der Waals surface area contributed by atoms with E-state index in [-0.39, 0.29) is 5.63 Å². The summed E-state index contributed by atoms with van der Waals surface area (Å²) >= 11 is 0. The van der Waals surface area contributed by atoms with Crippen molar-refractivity contribution in [3.8, 4) is 0 Å². The molecule has 0 N–H and O–H groups in total. The first-order valence-electron chi connectivity index (χ1n) is 8.36. The minimum atomic E-state index is -0.246. The van der Waals surface area contributed by atoms with Crippen molar-refractivity contribution < 1.29 is 4.42 Å². The van der Waals surface area contributed by atoms with Gasteiger partial charge in [-0.1, -0.05) is 65.2 Å². The molecule has 0 atom stereocenters. The van der Waals surface area contributed by atoms with Gasteiger partial charge in [0.2, 0.25) is 0 Å². The van der Waals surface area contributed by atoms with Gasteiger partial charge < -0.3 is 4.42 Å². The van der Waals surface area contributed by atoms with Gasteiger partial charge in [-0.25, -0.2) is 4.79 Å². The van der Waals surface area contributed by atoms with Gasteiger partial charge in [0.1, 0.15) is 0 Å². The summed E-state index contributed by atoms with van der Waals surface area (Å²) < 4.78 is 5.04. The Labute approximate surface area is 123 Å². The second-order valence-electron chi connectivity index (χ2n) is 5.78. The Balaban J connectivity index is 2.49. The lowest BCUT2D eigenvalue weighted by Crippen LogP contribution is -2.03. The van der Waals surface area contributed by atoms with Crippen LogP contribution < -0.4 is 5.63 Å². The lowest BCUT2D eigenvalue weighted by molar-refractivity contribution is 0.461. The van der Waals surface area contributed by atoms with E-state index in [2.05, 4.69) is 13.8 Å². The second kappa shape index (κ2) is 10.7. The zero-order chi connectivity index (χ0) is 14.6. The minimum Gasteiger partial charge on any atom is -0.431 e. The van der Waals surface area contributed by atoms with E-state index in [1.807, 2.05) is 6.07 Å². The quantitative estimate of drug-likeness (QED) is 0.488. The van der Waals surface area contributed by atoms with Gasteiger partial charge in [-0.05, 0) is 30.4 Å². The molecule has 0 unspecified atom stereocenters. The molecule has 0 radical (unpaired) electrons. The van der Waals surface area contributed by atoms with Gasteiger partial charge >= 0.3 is 5.63 Å². The first-order valence-corrected chi connectivity index (χ1v) is 8.36. The summed E-state index contributed by atoms with van der Waals surface area (Å²) in [6.07, 6.45) is 14.5. The van der Waals surface area contributed by atoms with Gasteiger partial charge in [-0.3, -0.25) is 0 Å². The third-order valence-corrected chi connectivity index (χ3v) is 4.01. The largest absolute Gasteiger partial charge is 0.431 e. The van der Waals surface area contributed by atoms with Crippen molar-refractivity contribution in [2.75, 3.05) is 0 Å². The summed E-state index contributed by atoms with van der Waals surface area (Å²) in [5, 5.41) is 0. The van der Waals surface area contributed by atoms with Crippen molar-refractivity contribution >= 4 is 0 Å². The molecule has 0 aromatic carbocycles. The highest BCUT2D eigenvalue weighted by atomic mass is 16.4. The fourth-order valence-corrected chi connectivity index (χ4v) is 2.71. The van der Waals surface area contributed by atoms with Crippen LogP contribution in [0.2, 0.25) is 0 Å². The van der Waals surface area contributed by atoms with Gasteiger partial charge in [0.25, 0.3) is 0 Å². The molecule has 0 aliphatic heterocycles. The summed E-state index contributed by atoms with van der Waals surface area (Å²) in [4.78, 5) is 11.1. The van der Waals surface area contributed by atoms with E-state index in [9.17, 15) is 4.79 Å². The van der Waals surface area contributed by atoms with E-state index in [0.717, 1.165) is 0 Å². The van der Waals surface area contributed by atoms with Crippen molar-refractivity contribution in [2.45, 2.75) is 84.0 Å². The molecule has 0 fully saturated rings. The van der Waals surface area contributed by atoms with Gasteiger partial charge in [-0.2, -0.15) is 0 Å². The van der Waals surface area contributed by atoms with Crippen molar-refractivity contribution in [3.63, 3.8) is 0 Å². The van der Waals surface area contributed by atoms with Gasteiger partial charge in [0.05, 0.1) is 6.26 Å². The number of rotatable bonds is 11. The predicted molar refractivity (Wildman–Crippen MR) is 85.2 cm³/mol. The molecular weight excluding hydrogens is 248 g/mol. The highest BCUT2D eigenvalue weighted by Gasteiger charge is 2.12. The monoisotopic (exact) mass is 278 g/mol. The molecule has 1 heterocycles. The first kappa shape index (κ1) is 17.0. The fourth-order valence-electron chi connectivity index (χ4n) is 2.71.